The van der Waals surface area contributed by atoms with E-state index in [4.69, 9.17) is 4.74 Å². The Labute approximate surface area is 171 Å². The van der Waals surface area contributed by atoms with Crippen molar-refractivity contribution >= 4 is 11.8 Å². The van der Waals surface area contributed by atoms with Crippen LogP contribution in [0.25, 0.3) is 0 Å². The largest absolute Gasteiger partial charge is 0.470 e. The molecular formula is C23H38N2O3. The average molecular weight is 391 g/mol. The molecule has 0 aliphatic heterocycles. The molecule has 0 fully saturated rings. The summed E-state index contributed by atoms with van der Waals surface area (Å²) in [4.78, 5) is 23.3. The summed E-state index contributed by atoms with van der Waals surface area (Å²) in [6.07, 6.45) is 19.6. The predicted molar refractivity (Wildman–Crippen MR) is 117 cm³/mol. The van der Waals surface area contributed by atoms with E-state index >= 15 is 0 Å². The Morgan fingerprint density at radius 1 is 1.07 bits per heavy atom. The first-order valence-electron chi connectivity index (χ1n) is 10.3. The van der Waals surface area contributed by atoms with Crippen LogP contribution in [0.3, 0.4) is 0 Å². The standard InChI is InChI=1S/C23H38N2O3/c1-5-8-10-11-12-16-21(7-3)28-18-14-13-15-20(4)25-23(27)19-24-22(26)17-9-6-2/h5,7-8,11-12,14,18,20H,6,9-10,13,15-17,19H2,1-4H3,(H,24,26)(H,25,27)/b8-5-,12-11?,18-14?,21-7+. The van der Waals surface area contributed by atoms with Gasteiger partial charge in [-0.15, -0.1) is 0 Å². The molecule has 1 atom stereocenters. The molecule has 0 aliphatic rings. The highest BCUT2D eigenvalue weighted by atomic mass is 16.5. The van der Waals surface area contributed by atoms with Crippen molar-refractivity contribution in [2.75, 3.05) is 6.54 Å². The Balaban J connectivity index is 3.93. The third kappa shape index (κ3) is 15.9. The van der Waals surface area contributed by atoms with Crippen molar-refractivity contribution in [1.82, 2.24) is 10.6 Å². The number of hydrogen-bond acceptors (Lipinski definition) is 3. The maximum absolute atomic E-state index is 11.8. The van der Waals surface area contributed by atoms with Gasteiger partial charge in [0.05, 0.1) is 12.8 Å². The van der Waals surface area contributed by atoms with Crippen LogP contribution < -0.4 is 10.6 Å². The van der Waals surface area contributed by atoms with Gasteiger partial charge in [0.25, 0.3) is 0 Å². The minimum Gasteiger partial charge on any atom is -0.470 e. The van der Waals surface area contributed by atoms with Crippen LogP contribution in [-0.4, -0.2) is 24.4 Å². The Morgan fingerprint density at radius 2 is 1.86 bits per heavy atom. The smallest absolute Gasteiger partial charge is 0.239 e. The fourth-order valence-electron chi connectivity index (χ4n) is 2.30. The molecule has 2 amide bonds. The van der Waals surface area contributed by atoms with E-state index in [0.29, 0.717) is 6.42 Å². The number of rotatable bonds is 15. The minimum absolute atomic E-state index is 0.0397. The zero-order chi connectivity index (χ0) is 21.0. The van der Waals surface area contributed by atoms with Crippen LogP contribution in [-0.2, 0) is 14.3 Å². The number of nitrogens with one attached hydrogen (secondary N) is 2. The summed E-state index contributed by atoms with van der Waals surface area (Å²) in [5, 5.41) is 5.54. The highest BCUT2D eigenvalue weighted by Crippen LogP contribution is 2.07. The van der Waals surface area contributed by atoms with E-state index in [1.54, 1.807) is 6.26 Å². The third-order valence-electron chi connectivity index (χ3n) is 4.01. The van der Waals surface area contributed by atoms with Gasteiger partial charge in [0.15, 0.2) is 0 Å². The SMILES string of the molecule is C/C=C\CC=CC/C(=C\C)OC=CCCC(C)NC(=O)CNC(=O)CCCC. The molecule has 0 saturated heterocycles. The van der Waals surface area contributed by atoms with E-state index in [9.17, 15) is 9.59 Å². The lowest BCUT2D eigenvalue weighted by atomic mass is 10.2. The van der Waals surface area contributed by atoms with Gasteiger partial charge in [-0.05, 0) is 58.6 Å². The van der Waals surface area contributed by atoms with Gasteiger partial charge in [-0.2, -0.15) is 0 Å². The normalized spacial score (nSPS) is 13.4. The summed E-state index contributed by atoms with van der Waals surface area (Å²) in [5.41, 5.74) is 0. The molecule has 0 aliphatic carbocycles. The molecule has 5 nitrogen and oxygen atoms in total. The van der Waals surface area contributed by atoms with E-state index in [1.807, 2.05) is 45.9 Å². The maximum Gasteiger partial charge on any atom is 0.239 e. The van der Waals surface area contributed by atoms with Crippen molar-refractivity contribution in [1.29, 1.82) is 0 Å². The molecule has 0 heterocycles. The van der Waals surface area contributed by atoms with Gasteiger partial charge in [-0.1, -0.05) is 37.6 Å². The highest BCUT2D eigenvalue weighted by molar-refractivity contribution is 5.84. The molecule has 0 rings (SSSR count). The van der Waals surface area contributed by atoms with Crippen molar-refractivity contribution in [3.63, 3.8) is 0 Å². The van der Waals surface area contributed by atoms with Crippen LogP contribution in [0.4, 0.5) is 0 Å². The molecule has 5 heteroatoms. The number of unbranched alkanes of at least 4 members (excludes halogenated alkanes) is 1. The van der Waals surface area contributed by atoms with Gasteiger partial charge < -0.3 is 15.4 Å². The van der Waals surface area contributed by atoms with E-state index in [0.717, 1.165) is 44.3 Å². The maximum atomic E-state index is 11.8. The van der Waals surface area contributed by atoms with Crippen LogP contribution in [0.15, 0.2) is 48.5 Å². The highest BCUT2D eigenvalue weighted by Gasteiger charge is 2.08. The minimum atomic E-state index is -0.154. The Bertz CT molecular complexity index is 548. The molecule has 0 spiro atoms. The summed E-state index contributed by atoms with van der Waals surface area (Å²) in [7, 11) is 0. The van der Waals surface area contributed by atoms with Crippen LogP contribution in [0.2, 0.25) is 0 Å². The fraction of sp³-hybridized carbons (Fsp3) is 0.565. The van der Waals surface area contributed by atoms with Crippen LogP contribution in [0.1, 0.15) is 72.6 Å². The van der Waals surface area contributed by atoms with Gasteiger partial charge in [0, 0.05) is 18.9 Å². The van der Waals surface area contributed by atoms with E-state index < -0.39 is 0 Å². The molecule has 158 valence electrons. The zero-order valence-electron chi connectivity index (χ0n) is 18.0. The van der Waals surface area contributed by atoms with Crippen LogP contribution >= 0.6 is 0 Å². The Kier molecular flexibility index (Phi) is 16.6. The van der Waals surface area contributed by atoms with Crippen molar-refractivity contribution < 1.29 is 14.3 Å². The molecule has 2 N–H and O–H groups in total. The number of allylic oxidation sites excluding steroid dienone is 6. The second-order valence-corrected chi connectivity index (χ2v) is 6.65. The van der Waals surface area contributed by atoms with Crippen molar-refractivity contribution in [2.45, 2.75) is 78.7 Å². The summed E-state index contributed by atoms with van der Waals surface area (Å²) < 4.78 is 5.63. The molecular weight excluding hydrogens is 352 g/mol. The number of carbonyl (C=O) groups is 2. The first-order valence-corrected chi connectivity index (χ1v) is 10.3. The topological polar surface area (TPSA) is 67.4 Å². The van der Waals surface area contributed by atoms with Crippen molar-refractivity contribution in [3.8, 4) is 0 Å². The second kappa shape index (κ2) is 18.1. The number of hydrogen-bond donors (Lipinski definition) is 2. The van der Waals surface area contributed by atoms with Crippen molar-refractivity contribution in [2.24, 2.45) is 0 Å². The van der Waals surface area contributed by atoms with Crippen LogP contribution in [0.5, 0.6) is 0 Å². The molecule has 0 saturated carbocycles. The van der Waals surface area contributed by atoms with Crippen molar-refractivity contribution in [3.05, 3.63) is 48.5 Å². The van der Waals surface area contributed by atoms with Gasteiger partial charge >= 0.3 is 0 Å². The van der Waals surface area contributed by atoms with E-state index in [-0.39, 0.29) is 24.4 Å². The molecule has 28 heavy (non-hydrogen) atoms. The number of amides is 2. The quantitative estimate of drug-likeness (QED) is 0.308. The Morgan fingerprint density at radius 3 is 2.54 bits per heavy atom. The third-order valence-corrected chi connectivity index (χ3v) is 4.01. The van der Waals surface area contributed by atoms with Crippen LogP contribution in [0, 0.1) is 0 Å². The summed E-state index contributed by atoms with van der Waals surface area (Å²) in [6, 6.07) is 0.0421. The lowest BCUT2D eigenvalue weighted by molar-refractivity contribution is -0.126. The summed E-state index contributed by atoms with van der Waals surface area (Å²) in [6.45, 7) is 8.00. The van der Waals surface area contributed by atoms with Gasteiger partial charge in [0.2, 0.25) is 11.8 Å². The lowest BCUT2D eigenvalue weighted by Crippen LogP contribution is -2.40. The zero-order valence-corrected chi connectivity index (χ0v) is 18.0. The fourth-order valence-corrected chi connectivity index (χ4v) is 2.30. The molecule has 0 aromatic heterocycles. The number of carbonyl (C=O) groups excluding carboxylic acids is 2. The lowest BCUT2D eigenvalue weighted by Gasteiger charge is -2.13. The van der Waals surface area contributed by atoms with Gasteiger partial charge in [0.1, 0.15) is 5.76 Å². The molecule has 0 aromatic carbocycles. The molecule has 0 radical (unpaired) electrons. The molecule has 0 aromatic rings. The molecule has 0 bridgehead atoms. The number of ether oxygens (including phenoxy) is 1. The second-order valence-electron chi connectivity index (χ2n) is 6.65. The summed E-state index contributed by atoms with van der Waals surface area (Å²) in [5.74, 6) is 0.688. The average Bonchev–Trinajstić information content (AvgIpc) is 2.68. The van der Waals surface area contributed by atoms with Gasteiger partial charge in [-0.25, -0.2) is 0 Å². The first kappa shape index (κ1) is 25.7. The monoisotopic (exact) mass is 390 g/mol. The molecule has 1 unspecified atom stereocenters. The predicted octanol–water partition coefficient (Wildman–Crippen LogP) is 4.92. The summed E-state index contributed by atoms with van der Waals surface area (Å²) >= 11 is 0. The first-order chi connectivity index (χ1) is 13.5. The van der Waals surface area contributed by atoms with Gasteiger partial charge in [-0.3, -0.25) is 9.59 Å². The Hall–Kier alpha value is -2.30. The van der Waals surface area contributed by atoms with E-state index in [1.165, 1.54) is 0 Å². The van der Waals surface area contributed by atoms with E-state index in [2.05, 4.69) is 28.9 Å².